The van der Waals surface area contributed by atoms with Crippen molar-refractivity contribution in [3.8, 4) is 0 Å². The lowest BCUT2D eigenvalue weighted by Crippen LogP contribution is -2.38. The molecule has 0 saturated carbocycles. The zero-order chi connectivity index (χ0) is 13.2. The summed E-state index contributed by atoms with van der Waals surface area (Å²) >= 11 is 5.91. The quantitative estimate of drug-likeness (QED) is 0.902. The fourth-order valence-corrected chi connectivity index (χ4v) is 4.25. The zero-order valence-corrected chi connectivity index (χ0v) is 11.3. The number of carbonyl (C=O) groups is 1. The van der Waals surface area contributed by atoms with Crippen LogP contribution in [0.25, 0.3) is 0 Å². The topological polar surface area (TPSA) is 63.2 Å². The number of nitrogens with one attached hydrogen (secondary N) is 1. The van der Waals surface area contributed by atoms with Crippen molar-refractivity contribution >= 4 is 27.3 Å². The van der Waals surface area contributed by atoms with Gasteiger partial charge in [-0.1, -0.05) is 23.7 Å². The summed E-state index contributed by atoms with van der Waals surface area (Å²) in [6, 6.07) is 6.22. The second-order valence-corrected chi connectivity index (χ2v) is 6.76. The van der Waals surface area contributed by atoms with Crippen LogP contribution in [0.4, 0.5) is 0 Å². The van der Waals surface area contributed by atoms with Crippen molar-refractivity contribution in [2.24, 2.45) is 0 Å². The number of sulfone groups is 1. The molecule has 1 saturated heterocycles. The molecule has 2 rings (SSSR count). The Balaban J connectivity index is 2.42. The van der Waals surface area contributed by atoms with Gasteiger partial charge in [0.2, 0.25) is 5.91 Å². The summed E-state index contributed by atoms with van der Waals surface area (Å²) in [5, 5.41) is 1.76. The molecule has 0 aliphatic carbocycles. The molecular formula is C12H14ClNO3S. The number of hydrogen-bond donors (Lipinski definition) is 1. The summed E-state index contributed by atoms with van der Waals surface area (Å²) in [5.74, 6) is -0.424. The summed E-state index contributed by atoms with van der Waals surface area (Å²) in [5.41, 5.74) is 0. The Morgan fingerprint density at radius 2 is 1.94 bits per heavy atom. The van der Waals surface area contributed by atoms with Crippen LogP contribution < -0.4 is 5.32 Å². The van der Waals surface area contributed by atoms with Crippen LogP contribution >= 0.6 is 11.6 Å². The van der Waals surface area contributed by atoms with E-state index >= 15 is 0 Å². The molecule has 0 radical (unpaired) electrons. The van der Waals surface area contributed by atoms with Crippen LogP contribution in [0.15, 0.2) is 29.2 Å². The van der Waals surface area contributed by atoms with E-state index in [0.29, 0.717) is 19.4 Å². The van der Waals surface area contributed by atoms with Crippen molar-refractivity contribution in [2.75, 3.05) is 6.54 Å². The number of hydrogen-bond acceptors (Lipinski definition) is 3. The second-order valence-electron chi connectivity index (χ2n) is 4.25. The molecule has 1 aromatic carbocycles. The molecule has 1 atom stereocenters. The van der Waals surface area contributed by atoms with Crippen LogP contribution in [0.5, 0.6) is 0 Å². The Labute approximate surface area is 111 Å². The normalized spacial score (nSPS) is 21.2. The fourth-order valence-electron chi connectivity index (χ4n) is 2.04. The van der Waals surface area contributed by atoms with Gasteiger partial charge in [-0.25, -0.2) is 8.42 Å². The smallest absolute Gasteiger partial charge is 0.238 e. The van der Waals surface area contributed by atoms with Crippen LogP contribution in [0, 0.1) is 0 Å². The predicted molar refractivity (Wildman–Crippen MR) is 69.3 cm³/mol. The number of carbonyl (C=O) groups excluding carboxylic acids is 1. The summed E-state index contributed by atoms with van der Waals surface area (Å²) < 4.78 is 24.9. The lowest BCUT2D eigenvalue weighted by molar-refractivity contribution is -0.120. The molecular weight excluding hydrogens is 274 g/mol. The van der Waals surface area contributed by atoms with E-state index in [2.05, 4.69) is 5.32 Å². The van der Waals surface area contributed by atoms with Gasteiger partial charge in [-0.2, -0.15) is 0 Å². The van der Waals surface area contributed by atoms with E-state index in [9.17, 15) is 13.2 Å². The van der Waals surface area contributed by atoms with Crippen molar-refractivity contribution in [3.05, 3.63) is 29.3 Å². The average Bonchev–Trinajstić information content (AvgIpc) is 2.54. The van der Waals surface area contributed by atoms with Crippen LogP contribution in [0.3, 0.4) is 0 Å². The molecule has 1 aromatic rings. The van der Waals surface area contributed by atoms with Gasteiger partial charge >= 0.3 is 0 Å². The first-order valence-corrected chi connectivity index (χ1v) is 7.72. The first kappa shape index (κ1) is 13.4. The summed E-state index contributed by atoms with van der Waals surface area (Å²) in [4.78, 5) is 11.8. The van der Waals surface area contributed by atoms with Crippen molar-refractivity contribution in [1.82, 2.24) is 5.32 Å². The highest BCUT2D eigenvalue weighted by Crippen LogP contribution is 2.27. The molecule has 1 unspecified atom stereocenters. The standard InChI is InChI=1S/C12H14ClNO3S/c13-9-5-1-2-6-10(9)18(16,17)11-7-3-4-8-14-12(11)15/h1-2,5-6,11H,3-4,7-8H2,(H,14,15). The maximum atomic E-state index is 12.4. The Kier molecular flexibility index (Phi) is 3.92. The van der Waals surface area contributed by atoms with Crippen molar-refractivity contribution in [3.63, 3.8) is 0 Å². The molecule has 1 aliphatic heterocycles. The van der Waals surface area contributed by atoms with E-state index in [1.165, 1.54) is 12.1 Å². The van der Waals surface area contributed by atoms with Gasteiger partial charge in [0.25, 0.3) is 0 Å². The van der Waals surface area contributed by atoms with Gasteiger partial charge < -0.3 is 5.32 Å². The van der Waals surface area contributed by atoms with Crippen LogP contribution in [-0.4, -0.2) is 26.1 Å². The third kappa shape index (κ3) is 2.52. The Hall–Kier alpha value is -1.07. The maximum Gasteiger partial charge on any atom is 0.238 e. The van der Waals surface area contributed by atoms with E-state index in [4.69, 9.17) is 11.6 Å². The minimum Gasteiger partial charge on any atom is -0.355 e. The first-order valence-electron chi connectivity index (χ1n) is 5.79. The van der Waals surface area contributed by atoms with Gasteiger partial charge in [0.1, 0.15) is 5.25 Å². The Morgan fingerprint density at radius 1 is 1.22 bits per heavy atom. The lowest BCUT2D eigenvalue weighted by atomic mass is 10.2. The van der Waals surface area contributed by atoms with E-state index in [-0.39, 0.29) is 9.92 Å². The summed E-state index contributed by atoms with van der Waals surface area (Å²) in [6.45, 7) is 0.535. The van der Waals surface area contributed by atoms with Crippen LogP contribution in [0.2, 0.25) is 5.02 Å². The van der Waals surface area contributed by atoms with E-state index < -0.39 is 21.0 Å². The van der Waals surface area contributed by atoms with Gasteiger partial charge in [-0.15, -0.1) is 0 Å². The predicted octanol–water partition coefficient (Wildman–Crippen LogP) is 1.78. The molecule has 1 fully saturated rings. The SMILES string of the molecule is O=C1NCCCCC1S(=O)(=O)c1ccccc1Cl. The molecule has 6 heteroatoms. The molecule has 1 aliphatic rings. The second kappa shape index (κ2) is 5.28. The molecule has 0 spiro atoms. The van der Waals surface area contributed by atoms with Gasteiger partial charge in [0.15, 0.2) is 9.84 Å². The maximum absolute atomic E-state index is 12.4. The van der Waals surface area contributed by atoms with Crippen molar-refractivity contribution < 1.29 is 13.2 Å². The lowest BCUT2D eigenvalue weighted by Gasteiger charge is -2.15. The van der Waals surface area contributed by atoms with Gasteiger partial charge in [-0.05, 0) is 31.4 Å². The Morgan fingerprint density at radius 3 is 2.67 bits per heavy atom. The Bertz CT molecular complexity index is 556. The summed E-state index contributed by atoms with van der Waals surface area (Å²) in [7, 11) is -3.71. The molecule has 1 amide bonds. The first-order chi connectivity index (χ1) is 8.53. The van der Waals surface area contributed by atoms with Gasteiger partial charge in [0, 0.05) is 6.54 Å². The van der Waals surface area contributed by atoms with Gasteiger partial charge in [-0.3, -0.25) is 4.79 Å². The molecule has 1 heterocycles. The number of rotatable bonds is 2. The minimum absolute atomic E-state index is 0.0358. The molecule has 0 aromatic heterocycles. The highest BCUT2D eigenvalue weighted by Gasteiger charge is 2.35. The summed E-state index contributed by atoms with van der Waals surface area (Å²) in [6.07, 6.45) is 1.87. The molecule has 4 nitrogen and oxygen atoms in total. The molecule has 0 bridgehead atoms. The van der Waals surface area contributed by atoms with Crippen LogP contribution in [0.1, 0.15) is 19.3 Å². The van der Waals surface area contributed by atoms with Crippen molar-refractivity contribution in [2.45, 2.75) is 29.4 Å². The van der Waals surface area contributed by atoms with Crippen molar-refractivity contribution in [1.29, 1.82) is 0 Å². The van der Waals surface area contributed by atoms with Gasteiger partial charge in [0.05, 0.1) is 9.92 Å². The number of amides is 1. The highest BCUT2D eigenvalue weighted by atomic mass is 35.5. The number of benzene rings is 1. The molecule has 18 heavy (non-hydrogen) atoms. The largest absolute Gasteiger partial charge is 0.355 e. The highest BCUT2D eigenvalue weighted by molar-refractivity contribution is 7.93. The molecule has 98 valence electrons. The van der Waals surface area contributed by atoms with E-state index in [0.717, 1.165) is 6.42 Å². The number of halogens is 1. The molecule has 1 N–H and O–H groups in total. The third-order valence-corrected chi connectivity index (χ3v) is 5.61. The third-order valence-electron chi connectivity index (χ3n) is 3.00. The fraction of sp³-hybridized carbons (Fsp3) is 0.417. The zero-order valence-electron chi connectivity index (χ0n) is 9.73. The minimum atomic E-state index is -3.71. The van der Waals surface area contributed by atoms with Crippen LogP contribution in [-0.2, 0) is 14.6 Å². The monoisotopic (exact) mass is 287 g/mol. The van der Waals surface area contributed by atoms with E-state index in [1.807, 2.05) is 0 Å². The van der Waals surface area contributed by atoms with E-state index in [1.54, 1.807) is 12.1 Å². The average molecular weight is 288 g/mol.